The Labute approximate surface area is 135 Å². The highest BCUT2D eigenvalue weighted by Gasteiger charge is 2.34. The molecule has 116 valence electrons. The number of esters is 1. The van der Waals surface area contributed by atoms with Gasteiger partial charge in [-0.3, -0.25) is 0 Å². The minimum Gasteiger partial charge on any atom is -0.459 e. The van der Waals surface area contributed by atoms with Crippen molar-refractivity contribution < 1.29 is 9.53 Å². The van der Waals surface area contributed by atoms with E-state index in [0.717, 1.165) is 19.3 Å². The maximum Gasteiger partial charge on any atom is 0.338 e. The summed E-state index contributed by atoms with van der Waals surface area (Å²) in [5.74, 6) is 0.153. The van der Waals surface area contributed by atoms with Crippen LogP contribution in [0.15, 0.2) is 12.1 Å². The van der Waals surface area contributed by atoms with Gasteiger partial charge in [0.1, 0.15) is 6.10 Å². The van der Waals surface area contributed by atoms with Crippen molar-refractivity contribution in [3.05, 3.63) is 27.7 Å². The monoisotopic (exact) mass is 329 g/mol. The Balaban J connectivity index is 2.11. The van der Waals surface area contributed by atoms with Crippen LogP contribution in [0.3, 0.4) is 0 Å². The molecule has 1 aromatic carbocycles. The number of carbonyl (C=O) groups excluding carboxylic acids is 1. The summed E-state index contributed by atoms with van der Waals surface area (Å²) in [6.45, 7) is 6.61. The van der Waals surface area contributed by atoms with E-state index in [9.17, 15) is 4.79 Å². The second-order valence-corrected chi connectivity index (χ2v) is 7.59. The van der Waals surface area contributed by atoms with Gasteiger partial charge in [-0.1, -0.05) is 44.0 Å². The molecule has 21 heavy (non-hydrogen) atoms. The van der Waals surface area contributed by atoms with E-state index in [1.165, 1.54) is 12.1 Å². The Hall–Kier alpha value is -0.930. The Kier molecular flexibility index (Phi) is 4.74. The number of nitrogens with two attached hydrogens (primary N) is 1. The van der Waals surface area contributed by atoms with Gasteiger partial charge in [0, 0.05) is 0 Å². The molecule has 0 radical (unpaired) electrons. The van der Waals surface area contributed by atoms with Crippen LogP contribution < -0.4 is 5.73 Å². The molecule has 0 aromatic heterocycles. The lowest BCUT2D eigenvalue weighted by atomic mass is 9.71. The van der Waals surface area contributed by atoms with Crippen molar-refractivity contribution in [2.24, 2.45) is 11.3 Å². The highest BCUT2D eigenvalue weighted by molar-refractivity contribution is 6.43. The Morgan fingerprint density at radius 3 is 2.57 bits per heavy atom. The largest absolute Gasteiger partial charge is 0.459 e. The Morgan fingerprint density at radius 1 is 1.33 bits per heavy atom. The van der Waals surface area contributed by atoms with Crippen molar-refractivity contribution in [3.8, 4) is 0 Å². The number of carbonyl (C=O) groups is 1. The van der Waals surface area contributed by atoms with E-state index >= 15 is 0 Å². The van der Waals surface area contributed by atoms with Gasteiger partial charge in [-0.15, -0.1) is 0 Å². The number of nitrogen functional groups attached to an aromatic ring is 1. The first-order valence-electron chi connectivity index (χ1n) is 7.13. The quantitative estimate of drug-likeness (QED) is 0.617. The Morgan fingerprint density at radius 2 is 2.00 bits per heavy atom. The van der Waals surface area contributed by atoms with Crippen molar-refractivity contribution in [1.29, 1.82) is 0 Å². The van der Waals surface area contributed by atoms with Gasteiger partial charge in [0.05, 0.1) is 21.3 Å². The SMILES string of the molecule is CC1CC(OC(=O)c2cc(N)c(Cl)c(Cl)c2)CC(C)(C)C1. The minimum atomic E-state index is -0.393. The molecule has 0 heterocycles. The van der Waals surface area contributed by atoms with Crippen molar-refractivity contribution in [3.63, 3.8) is 0 Å². The van der Waals surface area contributed by atoms with E-state index in [1.807, 2.05) is 0 Å². The second-order valence-electron chi connectivity index (χ2n) is 6.80. The lowest BCUT2D eigenvalue weighted by Gasteiger charge is -2.38. The van der Waals surface area contributed by atoms with Gasteiger partial charge in [0.25, 0.3) is 0 Å². The van der Waals surface area contributed by atoms with Crippen LogP contribution in [-0.4, -0.2) is 12.1 Å². The molecule has 2 rings (SSSR count). The number of halogens is 2. The fourth-order valence-electron chi connectivity index (χ4n) is 3.30. The number of benzene rings is 1. The standard InChI is InChI=1S/C16H21Cl2NO2/c1-9-4-11(8-16(2,3)7-9)21-15(20)10-5-12(17)14(18)13(19)6-10/h5-6,9,11H,4,7-8,19H2,1-3H3. The molecular weight excluding hydrogens is 309 g/mol. The molecule has 0 amide bonds. The Bertz CT molecular complexity index is 534. The van der Waals surface area contributed by atoms with Crippen LogP contribution in [-0.2, 0) is 4.74 Å². The molecule has 3 nitrogen and oxygen atoms in total. The zero-order chi connectivity index (χ0) is 15.8. The summed E-state index contributed by atoms with van der Waals surface area (Å²) in [4.78, 5) is 12.3. The lowest BCUT2D eigenvalue weighted by Crippen LogP contribution is -2.34. The van der Waals surface area contributed by atoms with Crippen LogP contribution in [0.1, 0.15) is 50.4 Å². The molecule has 0 bridgehead atoms. The summed E-state index contributed by atoms with van der Waals surface area (Å²) < 4.78 is 5.64. The molecule has 2 atom stereocenters. The van der Waals surface area contributed by atoms with Crippen molar-refractivity contribution in [2.75, 3.05) is 5.73 Å². The van der Waals surface area contributed by atoms with E-state index in [2.05, 4.69) is 20.8 Å². The third-order valence-electron chi connectivity index (χ3n) is 3.91. The number of rotatable bonds is 2. The van der Waals surface area contributed by atoms with E-state index in [0.29, 0.717) is 11.5 Å². The second kappa shape index (κ2) is 6.05. The highest BCUT2D eigenvalue weighted by Crippen LogP contribution is 2.40. The minimum absolute atomic E-state index is 0.0630. The predicted molar refractivity (Wildman–Crippen MR) is 86.9 cm³/mol. The maximum atomic E-state index is 12.3. The fraction of sp³-hybridized carbons (Fsp3) is 0.562. The molecule has 1 aliphatic carbocycles. The number of hydrogen-bond acceptors (Lipinski definition) is 3. The van der Waals surface area contributed by atoms with Crippen molar-refractivity contribution in [2.45, 2.75) is 46.1 Å². The van der Waals surface area contributed by atoms with E-state index < -0.39 is 5.97 Å². The third-order valence-corrected chi connectivity index (χ3v) is 4.73. The molecule has 0 saturated heterocycles. The van der Waals surface area contributed by atoms with Crippen LogP contribution >= 0.6 is 23.2 Å². The van der Waals surface area contributed by atoms with Crippen LogP contribution in [0.4, 0.5) is 5.69 Å². The van der Waals surface area contributed by atoms with Gasteiger partial charge in [-0.05, 0) is 42.7 Å². The molecule has 0 aliphatic heterocycles. The topological polar surface area (TPSA) is 52.3 Å². The summed E-state index contributed by atoms with van der Waals surface area (Å²) in [6.07, 6.45) is 2.86. The van der Waals surface area contributed by atoms with Gasteiger partial charge in [0.15, 0.2) is 0 Å². The zero-order valence-electron chi connectivity index (χ0n) is 12.6. The molecule has 0 spiro atoms. The first-order valence-corrected chi connectivity index (χ1v) is 7.89. The lowest BCUT2D eigenvalue weighted by molar-refractivity contribution is -0.00714. The third kappa shape index (κ3) is 4.04. The fourth-order valence-corrected chi connectivity index (χ4v) is 3.63. The van der Waals surface area contributed by atoms with Gasteiger partial charge >= 0.3 is 5.97 Å². The molecule has 1 fully saturated rings. The van der Waals surface area contributed by atoms with Gasteiger partial charge in [0.2, 0.25) is 0 Å². The first kappa shape index (κ1) is 16.4. The summed E-state index contributed by atoms with van der Waals surface area (Å²) in [5, 5.41) is 0.529. The normalized spacial score (nSPS) is 24.6. The molecule has 1 saturated carbocycles. The summed E-state index contributed by atoms with van der Waals surface area (Å²) in [6, 6.07) is 3.01. The average Bonchev–Trinajstić information content (AvgIpc) is 2.32. The number of anilines is 1. The molecule has 1 aromatic rings. The molecular formula is C16H21Cl2NO2. The maximum absolute atomic E-state index is 12.3. The van der Waals surface area contributed by atoms with Crippen LogP contribution in [0.5, 0.6) is 0 Å². The summed E-state index contributed by atoms with van der Waals surface area (Å²) in [7, 11) is 0. The highest BCUT2D eigenvalue weighted by atomic mass is 35.5. The number of ether oxygens (including phenoxy) is 1. The molecule has 1 aliphatic rings. The smallest absolute Gasteiger partial charge is 0.338 e. The average molecular weight is 330 g/mol. The first-order chi connectivity index (χ1) is 9.68. The molecule has 2 N–H and O–H groups in total. The zero-order valence-corrected chi connectivity index (χ0v) is 14.1. The van der Waals surface area contributed by atoms with Crippen LogP contribution in [0.2, 0.25) is 10.0 Å². The van der Waals surface area contributed by atoms with E-state index in [1.54, 1.807) is 0 Å². The number of hydrogen-bond donors (Lipinski definition) is 1. The summed E-state index contributed by atoms with van der Waals surface area (Å²) in [5.41, 5.74) is 6.56. The van der Waals surface area contributed by atoms with Crippen LogP contribution in [0.25, 0.3) is 0 Å². The van der Waals surface area contributed by atoms with E-state index in [-0.39, 0.29) is 27.3 Å². The van der Waals surface area contributed by atoms with Crippen LogP contribution in [0, 0.1) is 11.3 Å². The molecule has 5 heteroatoms. The van der Waals surface area contributed by atoms with Crippen molar-refractivity contribution >= 4 is 34.9 Å². The summed E-state index contributed by atoms with van der Waals surface area (Å²) >= 11 is 11.8. The van der Waals surface area contributed by atoms with Gasteiger partial charge in [-0.2, -0.15) is 0 Å². The van der Waals surface area contributed by atoms with Gasteiger partial charge in [-0.25, -0.2) is 4.79 Å². The molecule has 2 unspecified atom stereocenters. The van der Waals surface area contributed by atoms with E-state index in [4.69, 9.17) is 33.7 Å². The van der Waals surface area contributed by atoms with Gasteiger partial charge < -0.3 is 10.5 Å². The van der Waals surface area contributed by atoms with Crippen molar-refractivity contribution in [1.82, 2.24) is 0 Å². The predicted octanol–water partition coefficient (Wildman–Crippen LogP) is 4.95.